The fourth-order valence-electron chi connectivity index (χ4n) is 0. The van der Waals surface area contributed by atoms with E-state index in [1.54, 1.807) is 0 Å². The maximum absolute atomic E-state index is 9.44. The molecular formula is C3H6NiO2. The predicted molar refractivity (Wildman–Crippen MR) is 17.0 cm³/mol. The second-order valence-corrected chi connectivity index (χ2v) is 0.908. The summed E-state index contributed by atoms with van der Waals surface area (Å²) < 4.78 is 7.88. The van der Waals surface area contributed by atoms with E-state index in [-0.39, 0.29) is 5.78 Å². The molecule has 0 rings (SSSR count). The van der Waals surface area contributed by atoms with Crippen LogP contribution in [0.4, 0.5) is 0 Å². The van der Waals surface area contributed by atoms with Crippen molar-refractivity contribution in [2.24, 2.45) is 0 Å². The summed E-state index contributed by atoms with van der Waals surface area (Å²) in [4.78, 5) is 9.44. The van der Waals surface area contributed by atoms with Crippen LogP contribution in [0, 0.1) is 0 Å². The molecule has 0 saturated heterocycles. The van der Waals surface area contributed by atoms with Crippen molar-refractivity contribution in [2.45, 2.75) is 13.8 Å². The monoisotopic (exact) mass is 132 g/mol. The molecule has 0 unspecified atom stereocenters. The van der Waals surface area contributed by atoms with Crippen LogP contribution in [-0.2, 0) is 24.1 Å². The Kier molecular flexibility index (Phi) is 13.8. The molecule has 0 aromatic carbocycles. The molecule has 0 aromatic rings. The van der Waals surface area contributed by atoms with Crippen molar-refractivity contribution in [3.05, 3.63) is 0 Å². The van der Waals surface area contributed by atoms with Gasteiger partial charge in [-0.2, -0.15) is 0 Å². The van der Waals surface area contributed by atoms with Crippen LogP contribution in [-0.4, -0.2) is 5.78 Å². The van der Waals surface area contributed by atoms with Gasteiger partial charge in [-0.05, 0) is 13.8 Å². The number of hydrogen-bond acceptors (Lipinski definition) is 2. The topological polar surface area (TPSA) is 34.1 Å². The fourth-order valence-corrected chi connectivity index (χ4v) is 0. The summed E-state index contributed by atoms with van der Waals surface area (Å²) in [6.07, 6.45) is 0. The molecule has 0 amide bonds. The Balaban J connectivity index is 0. The third-order valence-corrected chi connectivity index (χ3v) is 0. The zero-order valence-corrected chi connectivity index (χ0v) is 4.62. The first-order chi connectivity index (χ1) is 2.73. The van der Waals surface area contributed by atoms with Crippen molar-refractivity contribution >= 4 is 5.78 Å². The van der Waals surface area contributed by atoms with Crippen LogP contribution in [0.25, 0.3) is 0 Å². The van der Waals surface area contributed by atoms with Gasteiger partial charge in [-0.3, -0.25) is 0 Å². The number of carbonyl (C=O) groups excluding carboxylic acids is 1. The summed E-state index contributed by atoms with van der Waals surface area (Å²) in [5.41, 5.74) is 0. The number of rotatable bonds is 0. The third-order valence-electron chi connectivity index (χ3n) is 0. The minimum absolute atomic E-state index is 0.167. The Bertz CT molecular complexity index is 40.1. The first-order valence-electron chi connectivity index (χ1n) is 1.33. The first-order valence-corrected chi connectivity index (χ1v) is 1.74. The molecular weight excluding hydrogens is 127 g/mol. The van der Waals surface area contributed by atoms with Gasteiger partial charge in [0.1, 0.15) is 5.78 Å². The van der Waals surface area contributed by atoms with E-state index in [0.717, 1.165) is 0 Å². The van der Waals surface area contributed by atoms with Gasteiger partial charge in [0.2, 0.25) is 0 Å². The van der Waals surface area contributed by atoms with Gasteiger partial charge in [0, 0.05) is 0 Å². The molecule has 0 aliphatic rings. The van der Waals surface area contributed by atoms with E-state index in [1.165, 1.54) is 13.8 Å². The molecule has 0 radical (unpaired) electrons. The molecule has 0 aromatic heterocycles. The molecule has 0 aliphatic carbocycles. The predicted octanol–water partition coefficient (Wildman–Crippen LogP) is 0.474. The van der Waals surface area contributed by atoms with Crippen LogP contribution in [0.1, 0.15) is 13.8 Å². The molecule has 0 atom stereocenters. The fraction of sp³-hybridized carbons (Fsp3) is 0.667. The van der Waals surface area contributed by atoms with Crippen LogP contribution in [0.3, 0.4) is 0 Å². The van der Waals surface area contributed by atoms with Crippen molar-refractivity contribution in [1.29, 1.82) is 0 Å². The van der Waals surface area contributed by atoms with E-state index in [4.69, 9.17) is 3.90 Å². The molecule has 0 aliphatic heterocycles. The molecule has 0 saturated carbocycles. The van der Waals surface area contributed by atoms with E-state index in [9.17, 15) is 4.79 Å². The standard InChI is InChI=1S/C3H6O.Ni.O/c1-3(2)4;;/h1-2H3;;. The van der Waals surface area contributed by atoms with Gasteiger partial charge < -0.3 is 4.79 Å². The molecule has 40 valence electrons. The van der Waals surface area contributed by atoms with E-state index in [1.807, 2.05) is 0 Å². The summed E-state index contributed by atoms with van der Waals surface area (Å²) in [5.74, 6) is 0.167. The van der Waals surface area contributed by atoms with Gasteiger partial charge in [-0.1, -0.05) is 0 Å². The maximum atomic E-state index is 9.44. The molecule has 2 nitrogen and oxygen atoms in total. The number of carbonyl (C=O) groups is 1. The second kappa shape index (κ2) is 8.88. The molecule has 0 heterocycles. The van der Waals surface area contributed by atoms with Gasteiger partial charge in [-0.15, -0.1) is 0 Å². The number of Topliss-reactive ketones (excluding diaryl/α,β-unsaturated/α-hetero) is 1. The Morgan fingerprint density at radius 2 is 1.33 bits per heavy atom. The van der Waals surface area contributed by atoms with Crippen LogP contribution in [0.15, 0.2) is 0 Å². The third kappa shape index (κ3) is 26100. The van der Waals surface area contributed by atoms with Gasteiger partial charge in [0.15, 0.2) is 0 Å². The summed E-state index contributed by atoms with van der Waals surface area (Å²) in [5, 5.41) is 0. The van der Waals surface area contributed by atoms with Gasteiger partial charge in [0.25, 0.3) is 0 Å². The van der Waals surface area contributed by atoms with Crippen LogP contribution < -0.4 is 0 Å². The van der Waals surface area contributed by atoms with Crippen molar-refractivity contribution in [2.75, 3.05) is 0 Å². The summed E-state index contributed by atoms with van der Waals surface area (Å²) in [6.45, 7) is 3.06. The first kappa shape index (κ1) is 9.35. The second-order valence-electron chi connectivity index (χ2n) is 0.908. The Morgan fingerprint density at radius 3 is 1.33 bits per heavy atom. The van der Waals surface area contributed by atoms with Gasteiger partial charge in [0.05, 0.1) is 0 Å². The average molecular weight is 133 g/mol. The van der Waals surface area contributed by atoms with E-state index in [2.05, 4.69) is 15.4 Å². The van der Waals surface area contributed by atoms with Crippen molar-refractivity contribution < 1.29 is 24.1 Å². The van der Waals surface area contributed by atoms with Gasteiger partial charge >= 0.3 is 19.3 Å². The minimum atomic E-state index is 0.167. The molecule has 6 heavy (non-hydrogen) atoms. The average Bonchev–Trinajstić information content (AvgIpc) is 1.41. The SMILES string of the molecule is CC(C)=O.[O]=[Ni]. The summed E-state index contributed by atoms with van der Waals surface area (Å²) in [7, 11) is 0. The summed E-state index contributed by atoms with van der Waals surface area (Å²) in [6, 6.07) is 0. The quantitative estimate of drug-likeness (QED) is 0.450. The molecule has 0 fully saturated rings. The van der Waals surface area contributed by atoms with E-state index >= 15 is 0 Å². The number of hydrogen-bond donors (Lipinski definition) is 0. The van der Waals surface area contributed by atoms with Crippen LogP contribution in [0.5, 0.6) is 0 Å². The Labute approximate surface area is 44.5 Å². The summed E-state index contributed by atoms with van der Waals surface area (Å²) >= 11 is 2.62. The zero-order chi connectivity index (χ0) is 5.58. The van der Waals surface area contributed by atoms with Crippen molar-refractivity contribution in [3.63, 3.8) is 0 Å². The molecule has 3 heteroatoms. The van der Waals surface area contributed by atoms with Crippen molar-refractivity contribution in [3.8, 4) is 0 Å². The number of ketones is 1. The Morgan fingerprint density at radius 1 is 1.33 bits per heavy atom. The van der Waals surface area contributed by atoms with E-state index in [0.29, 0.717) is 0 Å². The molecule has 0 N–H and O–H groups in total. The molecule has 0 spiro atoms. The van der Waals surface area contributed by atoms with E-state index < -0.39 is 0 Å². The van der Waals surface area contributed by atoms with Crippen molar-refractivity contribution in [1.82, 2.24) is 0 Å². The van der Waals surface area contributed by atoms with Gasteiger partial charge in [-0.25, -0.2) is 0 Å². The van der Waals surface area contributed by atoms with Crippen LogP contribution >= 0.6 is 0 Å². The van der Waals surface area contributed by atoms with Crippen LogP contribution in [0.2, 0.25) is 0 Å². The normalized spacial score (nSPS) is 5.33. The molecule has 0 bridgehead atoms. The zero-order valence-electron chi connectivity index (χ0n) is 3.63. The Hall–Kier alpha value is -0.0365.